The highest BCUT2D eigenvalue weighted by atomic mass is 16.5. The second-order valence-electron chi connectivity index (χ2n) is 8.69. The Morgan fingerprint density at radius 3 is 2.58 bits per heavy atom. The van der Waals surface area contributed by atoms with Crippen molar-refractivity contribution >= 4 is 23.4 Å². The lowest BCUT2D eigenvalue weighted by Gasteiger charge is -2.44. The first-order valence-electron chi connectivity index (χ1n) is 11.1. The molecule has 1 fully saturated rings. The van der Waals surface area contributed by atoms with Crippen molar-refractivity contribution in [1.82, 2.24) is 10.2 Å². The molecule has 0 saturated carbocycles. The number of ether oxygens (including phenoxy) is 1. The standard InChI is InChI=1S/C26H35N5O2/c1-17-7-9-21(31-15-22(16-31)30(4)5)12-24(17)26(32)29-18(2)19-8-10-23(25(11-19)33-6)20(13-27)14-28-3/h7-14,18,22H,15-16,27H2,1-6H3,(H,29,32)/b20-13+,28-14?/t18-/m1/s1. The van der Waals surface area contributed by atoms with E-state index >= 15 is 0 Å². The molecule has 2 aromatic rings. The zero-order chi connectivity index (χ0) is 24.1. The van der Waals surface area contributed by atoms with E-state index in [0.29, 0.717) is 17.4 Å². The van der Waals surface area contributed by atoms with Crippen LogP contribution in [0.4, 0.5) is 5.69 Å². The van der Waals surface area contributed by atoms with Crippen LogP contribution < -0.4 is 20.7 Å². The molecule has 0 aromatic heterocycles. The quantitative estimate of drug-likeness (QED) is 0.605. The largest absolute Gasteiger partial charge is 0.496 e. The van der Waals surface area contributed by atoms with E-state index in [0.717, 1.165) is 41.0 Å². The number of aliphatic imine (C=N–C) groups is 1. The molecule has 3 rings (SSSR count). The number of methoxy groups -OCH3 is 1. The molecule has 1 aliphatic heterocycles. The summed E-state index contributed by atoms with van der Waals surface area (Å²) in [7, 11) is 7.52. The van der Waals surface area contributed by atoms with Crippen LogP contribution in [0.1, 0.15) is 40.0 Å². The zero-order valence-corrected chi connectivity index (χ0v) is 20.4. The first-order valence-corrected chi connectivity index (χ1v) is 11.1. The van der Waals surface area contributed by atoms with Crippen LogP contribution in [0, 0.1) is 6.92 Å². The van der Waals surface area contributed by atoms with Gasteiger partial charge in [-0.2, -0.15) is 0 Å². The Labute approximate surface area is 196 Å². The van der Waals surface area contributed by atoms with E-state index in [2.05, 4.69) is 40.3 Å². The van der Waals surface area contributed by atoms with Gasteiger partial charge in [0.15, 0.2) is 0 Å². The average molecular weight is 450 g/mol. The topological polar surface area (TPSA) is 83.2 Å². The highest BCUT2D eigenvalue weighted by Crippen LogP contribution is 2.29. The van der Waals surface area contributed by atoms with Crippen LogP contribution in [0.5, 0.6) is 5.75 Å². The number of benzene rings is 2. The lowest BCUT2D eigenvalue weighted by Crippen LogP contribution is -2.57. The minimum Gasteiger partial charge on any atom is -0.496 e. The van der Waals surface area contributed by atoms with E-state index in [-0.39, 0.29) is 11.9 Å². The highest BCUT2D eigenvalue weighted by molar-refractivity contribution is 6.10. The van der Waals surface area contributed by atoms with Gasteiger partial charge in [0.05, 0.1) is 13.2 Å². The molecule has 1 saturated heterocycles. The molecule has 0 radical (unpaired) electrons. The van der Waals surface area contributed by atoms with E-state index in [9.17, 15) is 4.79 Å². The summed E-state index contributed by atoms with van der Waals surface area (Å²) < 4.78 is 5.58. The van der Waals surface area contributed by atoms with Gasteiger partial charge in [-0.25, -0.2) is 0 Å². The first-order chi connectivity index (χ1) is 15.8. The number of rotatable bonds is 8. The van der Waals surface area contributed by atoms with Crippen molar-refractivity contribution in [3.63, 3.8) is 0 Å². The van der Waals surface area contributed by atoms with Gasteiger partial charge in [-0.1, -0.05) is 18.2 Å². The summed E-state index contributed by atoms with van der Waals surface area (Å²) in [5.41, 5.74) is 11.1. The Morgan fingerprint density at radius 1 is 1.24 bits per heavy atom. The number of carbonyl (C=O) groups excluding carboxylic acids is 1. The number of amides is 1. The van der Waals surface area contributed by atoms with Gasteiger partial charge in [0.25, 0.3) is 5.91 Å². The molecule has 1 heterocycles. The van der Waals surface area contributed by atoms with Crippen LogP contribution in [0.2, 0.25) is 0 Å². The highest BCUT2D eigenvalue weighted by Gasteiger charge is 2.29. The summed E-state index contributed by atoms with van der Waals surface area (Å²) in [6.45, 7) is 5.88. The maximum atomic E-state index is 13.2. The maximum absolute atomic E-state index is 13.2. The smallest absolute Gasteiger partial charge is 0.252 e. The summed E-state index contributed by atoms with van der Waals surface area (Å²) in [5.74, 6) is 0.590. The van der Waals surface area contributed by atoms with Gasteiger partial charge in [-0.3, -0.25) is 9.79 Å². The van der Waals surface area contributed by atoms with Crippen molar-refractivity contribution in [2.24, 2.45) is 10.7 Å². The molecule has 0 aliphatic carbocycles. The van der Waals surface area contributed by atoms with Crippen molar-refractivity contribution in [2.75, 3.05) is 46.2 Å². The van der Waals surface area contributed by atoms with E-state index in [1.807, 2.05) is 44.2 Å². The van der Waals surface area contributed by atoms with Crippen LogP contribution >= 0.6 is 0 Å². The number of allylic oxidation sites excluding steroid dienone is 1. The zero-order valence-electron chi connectivity index (χ0n) is 20.4. The lowest BCUT2D eigenvalue weighted by molar-refractivity contribution is 0.0939. The van der Waals surface area contributed by atoms with Crippen LogP contribution in [0.25, 0.3) is 5.57 Å². The first kappa shape index (κ1) is 24.3. The lowest BCUT2D eigenvalue weighted by atomic mass is 9.99. The van der Waals surface area contributed by atoms with Crippen LogP contribution in [-0.2, 0) is 0 Å². The SMILES string of the molecule is CN=C/C(=C\N)c1ccc([C@@H](C)NC(=O)c2cc(N3CC(N(C)C)C3)ccc2C)cc1OC. The van der Waals surface area contributed by atoms with Crippen LogP contribution in [0.3, 0.4) is 0 Å². The van der Waals surface area contributed by atoms with Crippen molar-refractivity contribution in [3.8, 4) is 5.75 Å². The molecule has 2 aromatic carbocycles. The molecule has 7 nitrogen and oxygen atoms in total. The molecule has 0 bridgehead atoms. The van der Waals surface area contributed by atoms with Crippen molar-refractivity contribution in [2.45, 2.75) is 25.9 Å². The number of nitrogens with two attached hydrogens (primary N) is 1. The number of hydrogen-bond acceptors (Lipinski definition) is 6. The number of anilines is 1. The number of nitrogens with one attached hydrogen (secondary N) is 1. The van der Waals surface area contributed by atoms with E-state index in [1.165, 1.54) is 6.20 Å². The minimum absolute atomic E-state index is 0.0877. The van der Waals surface area contributed by atoms with E-state index in [1.54, 1.807) is 20.4 Å². The van der Waals surface area contributed by atoms with Crippen molar-refractivity contribution in [3.05, 3.63) is 64.9 Å². The van der Waals surface area contributed by atoms with Gasteiger partial charge >= 0.3 is 0 Å². The molecule has 7 heteroatoms. The Hall–Kier alpha value is -3.32. The van der Waals surface area contributed by atoms with Crippen molar-refractivity contribution < 1.29 is 9.53 Å². The molecular formula is C26H35N5O2. The number of carbonyl (C=O) groups is 1. The summed E-state index contributed by atoms with van der Waals surface area (Å²) in [6.07, 6.45) is 3.20. The number of aryl methyl sites for hydroxylation is 1. The molecule has 0 spiro atoms. The second kappa shape index (κ2) is 10.5. The molecule has 1 amide bonds. The molecule has 33 heavy (non-hydrogen) atoms. The number of nitrogens with zero attached hydrogens (tertiary/aromatic N) is 3. The molecular weight excluding hydrogens is 414 g/mol. The Kier molecular flexibility index (Phi) is 7.76. The normalized spacial score (nSPS) is 15.6. The minimum atomic E-state index is -0.198. The van der Waals surface area contributed by atoms with Gasteiger partial charge in [0.1, 0.15) is 5.75 Å². The van der Waals surface area contributed by atoms with Gasteiger partial charge in [-0.15, -0.1) is 0 Å². The third-order valence-electron chi connectivity index (χ3n) is 6.26. The summed E-state index contributed by atoms with van der Waals surface area (Å²) in [6, 6.07) is 12.3. The van der Waals surface area contributed by atoms with Gasteiger partial charge < -0.3 is 25.6 Å². The summed E-state index contributed by atoms with van der Waals surface area (Å²) in [4.78, 5) is 21.7. The Morgan fingerprint density at radius 2 is 1.97 bits per heavy atom. The summed E-state index contributed by atoms with van der Waals surface area (Å²) >= 11 is 0. The Balaban J connectivity index is 1.76. The van der Waals surface area contributed by atoms with Crippen LogP contribution in [0.15, 0.2) is 47.6 Å². The fourth-order valence-electron chi connectivity index (χ4n) is 3.96. The fourth-order valence-corrected chi connectivity index (χ4v) is 3.96. The van der Waals surface area contributed by atoms with Gasteiger partial charge in [-0.05, 0) is 57.3 Å². The summed E-state index contributed by atoms with van der Waals surface area (Å²) in [5, 5.41) is 3.13. The maximum Gasteiger partial charge on any atom is 0.252 e. The third kappa shape index (κ3) is 5.37. The molecule has 0 unspecified atom stereocenters. The predicted octanol–water partition coefficient (Wildman–Crippen LogP) is 3.25. The number of likely N-dealkylation sites (N-methyl/N-ethyl adjacent to an activating group) is 1. The molecule has 3 N–H and O–H groups in total. The molecule has 1 atom stereocenters. The van der Waals surface area contributed by atoms with Crippen LogP contribution in [-0.4, -0.2) is 64.4 Å². The van der Waals surface area contributed by atoms with E-state index < -0.39 is 0 Å². The average Bonchev–Trinajstić information content (AvgIpc) is 2.76. The second-order valence-corrected chi connectivity index (χ2v) is 8.69. The molecule has 1 aliphatic rings. The fraction of sp³-hybridized carbons (Fsp3) is 0.385. The third-order valence-corrected chi connectivity index (χ3v) is 6.26. The monoisotopic (exact) mass is 449 g/mol. The van der Waals surface area contributed by atoms with Gasteiger partial charge in [0.2, 0.25) is 0 Å². The van der Waals surface area contributed by atoms with E-state index in [4.69, 9.17) is 10.5 Å². The Bertz CT molecular complexity index is 1050. The predicted molar refractivity (Wildman–Crippen MR) is 136 cm³/mol. The van der Waals surface area contributed by atoms with Gasteiger partial charge in [0, 0.05) is 61.0 Å². The molecule has 176 valence electrons. The number of hydrogen-bond donors (Lipinski definition) is 2. The van der Waals surface area contributed by atoms with Crippen molar-refractivity contribution in [1.29, 1.82) is 0 Å².